The van der Waals surface area contributed by atoms with Gasteiger partial charge in [0.05, 0.1) is 11.9 Å². The lowest BCUT2D eigenvalue weighted by atomic mass is 10.0. The number of nitrogen functional groups attached to an aromatic ring is 1. The molecule has 1 atom stereocenters. The van der Waals surface area contributed by atoms with Crippen LogP contribution in [-0.2, 0) is 6.42 Å². The average Bonchev–Trinajstić information content (AvgIpc) is 3.21. The Bertz CT molecular complexity index is 1180. The molecule has 4 rings (SSSR count). The van der Waals surface area contributed by atoms with Crippen LogP contribution in [0.25, 0.3) is 5.65 Å². The molecule has 0 bridgehead atoms. The number of aromatic nitrogens is 5. The van der Waals surface area contributed by atoms with E-state index < -0.39 is 12.9 Å². The molecule has 1 aliphatic rings. The molecule has 1 fully saturated rings. The maximum atomic E-state index is 7.81. The van der Waals surface area contributed by atoms with Crippen molar-refractivity contribution in [2.45, 2.75) is 64.9 Å². The van der Waals surface area contributed by atoms with Gasteiger partial charge in [-0.15, -0.1) is 5.10 Å². The van der Waals surface area contributed by atoms with Crippen LogP contribution in [0.5, 0.6) is 0 Å². The molecule has 9 nitrogen and oxygen atoms in total. The summed E-state index contributed by atoms with van der Waals surface area (Å²) in [7, 11) is 4.29. The van der Waals surface area contributed by atoms with Crippen molar-refractivity contribution in [1.29, 1.82) is 0 Å². The van der Waals surface area contributed by atoms with Crippen molar-refractivity contribution < 1.29 is 4.11 Å². The van der Waals surface area contributed by atoms with Crippen molar-refractivity contribution in [3.8, 4) is 0 Å². The zero-order valence-corrected chi connectivity index (χ0v) is 20.0. The van der Waals surface area contributed by atoms with Crippen molar-refractivity contribution in [2.75, 3.05) is 43.1 Å². The molecule has 33 heavy (non-hydrogen) atoms. The zero-order chi connectivity index (χ0) is 26.0. The van der Waals surface area contributed by atoms with Gasteiger partial charge < -0.3 is 20.9 Å². The summed E-state index contributed by atoms with van der Waals surface area (Å²) in [5, 5.41) is 7.49. The normalized spacial score (nSPS) is 17.7. The topological polar surface area (TPSA) is 100 Å². The molecule has 3 N–H and O–H groups in total. The van der Waals surface area contributed by atoms with Crippen LogP contribution in [-0.4, -0.2) is 68.7 Å². The molecule has 3 aromatic rings. The van der Waals surface area contributed by atoms with E-state index in [1.807, 2.05) is 13.1 Å². The van der Waals surface area contributed by atoms with E-state index in [1.54, 1.807) is 10.7 Å². The molecular formula is C24H37N9. The highest BCUT2D eigenvalue weighted by Gasteiger charge is 2.22. The van der Waals surface area contributed by atoms with Gasteiger partial charge in [-0.25, -0.2) is 14.5 Å². The Morgan fingerprint density at radius 2 is 2.06 bits per heavy atom. The van der Waals surface area contributed by atoms with E-state index in [4.69, 9.17) is 14.8 Å². The predicted octanol–water partition coefficient (Wildman–Crippen LogP) is 3.13. The first-order valence-electron chi connectivity index (χ1n) is 13.2. The molecule has 3 aromatic heterocycles. The Morgan fingerprint density at radius 1 is 1.27 bits per heavy atom. The second kappa shape index (κ2) is 9.91. The van der Waals surface area contributed by atoms with Crippen molar-refractivity contribution in [2.24, 2.45) is 0 Å². The summed E-state index contributed by atoms with van der Waals surface area (Å²) in [4.78, 5) is 18.1. The SMILES string of the molecule is [2H]C([2H])([2H])[C@@H](CCC)Nc1nc(N)c2ncc(Cc3cnc(N4CCC(N(C)C)CC4)c(C)c3)n2n1. The molecule has 4 heterocycles. The maximum absolute atomic E-state index is 7.81. The van der Waals surface area contributed by atoms with Crippen molar-refractivity contribution in [1.82, 2.24) is 29.5 Å². The third-order valence-electron chi connectivity index (χ3n) is 6.33. The quantitative estimate of drug-likeness (QED) is 0.535. The van der Waals surface area contributed by atoms with Gasteiger partial charge in [-0.05, 0) is 58.3 Å². The third kappa shape index (κ3) is 5.19. The Morgan fingerprint density at radius 3 is 2.73 bits per heavy atom. The third-order valence-corrected chi connectivity index (χ3v) is 6.33. The molecule has 1 aliphatic heterocycles. The smallest absolute Gasteiger partial charge is 0.243 e. The van der Waals surface area contributed by atoms with E-state index in [-0.39, 0.29) is 11.8 Å². The lowest BCUT2D eigenvalue weighted by molar-refractivity contribution is 0.249. The number of anilines is 3. The van der Waals surface area contributed by atoms with Crippen LogP contribution >= 0.6 is 0 Å². The fourth-order valence-electron chi connectivity index (χ4n) is 4.50. The molecule has 0 unspecified atom stereocenters. The Hall–Kier alpha value is -2.94. The van der Waals surface area contributed by atoms with E-state index in [0.29, 0.717) is 24.5 Å². The van der Waals surface area contributed by atoms with Crippen LogP contribution in [0, 0.1) is 6.92 Å². The van der Waals surface area contributed by atoms with Crippen molar-refractivity contribution in [3.05, 3.63) is 35.3 Å². The number of hydrogen-bond donors (Lipinski definition) is 2. The van der Waals surface area contributed by atoms with Crippen LogP contribution in [0.15, 0.2) is 18.5 Å². The largest absolute Gasteiger partial charge is 0.380 e. The van der Waals surface area contributed by atoms with Gasteiger partial charge in [0.2, 0.25) is 5.95 Å². The molecule has 0 aliphatic carbocycles. The highest BCUT2D eigenvalue weighted by molar-refractivity contribution is 5.61. The molecule has 9 heteroatoms. The van der Waals surface area contributed by atoms with Gasteiger partial charge >= 0.3 is 0 Å². The number of nitrogens with two attached hydrogens (primary N) is 1. The van der Waals surface area contributed by atoms with E-state index >= 15 is 0 Å². The highest BCUT2D eigenvalue weighted by Crippen LogP contribution is 2.25. The summed E-state index contributed by atoms with van der Waals surface area (Å²) < 4.78 is 25.1. The molecule has 0 radical (unpaired) electrons. The summed E-state index contributed by atoms with van der Waals surface area (Å²) in [5.74, 6) is 1.42. The van der Waals surface area contributed by atoms with Crippen molar-refractivity contribution in [3.63, 3.8) is 0 Å². The number of fused-ring (bicyclic) bond motifs is 1. The lowest BCUT2D eigenvalue weighted by Crippen LogP contribution is -2.42. The number of imidazole rings is 1. The number of nitrogens with one attached hydrogen (secondary N) is 1. The maximum Gasteiger partial charge on any atom is 0.243 e. The lowest BCUT2D eigenvalue weighted by Gasteiger charge is -2.36. The van der Waals surface area contributed by atoms with Gasteiger partial charge in [0.25, 0.3) is 0 Å². The summed E-state index contributed by atoms with van der Waals surface area (Å²) >= 11 is 0. The number of aryl methyl sites for hydroxylation is 1. The van der Waals surface area contributed by atoms with Crippen molar-refractivity contribution >= 4 is 23.2 Å². The molecule has 178 valence electrons. The highest BCUT2D eigenvalue weighted by atomic mass is 15.3. The second-order valence-corrected chi connectivity index (χ2v) is 9.13. The predicted molar refractivity (Wildman–Crippen MR) is 134 cm³/mol. The van der Waals surface area contributed by atoms with Gasteiger partial charge in [0.1, 0.15) is 5.82 Å². The van der Waals surface area contributed by atoms with Crippen LogP contribution in [0.2, 0.25) is 0 Å². The molecular weight excluding hydrogens is 414 g/mol. The standard InChI is InChI=1S/C24H37N9/c1-6-7-17(3)28-24-29-21(25)23-27-15-20(33(23)30-24)13-18-12-16(2)22(26-14-18)32-10-8-19(9-11-32)31(4)5/h12,14-15,17,19H,6-11,13H2,1-5H3,(H3,25,28,29,30)/t17-/m0/s1/i3D3. The zero-order valence-electron chi connectivity index (χ0n) is 23.0. The summed E-state index contributed by atoms with van der Waals surface area (Å²) in [6, 6.07) is 2.03. The van der Waals surface area contributed by atoms with Gasteiger partial charge in [-0.2, -0.15) is 4.98 Å². The number of hydrogen-bond acceptors (Lipinski definition) is 8. The molecule has 0 amide bonds. The molecule has 0 aromatic carbocycles. The average molecular weight is 455 g/mol. The van der Waals surface area contributed by atoms with Gasteiger partial charge in [0.15, 0.2) is 11.5 Å². The van der Waals surface area contributed by atoms with Gasteiger partial charge in [-0.3, -0.25) is 0 Å². The summed E-state index contributed by atoms with van der Waals surface area (Å²) in [6.45, 7) is 3.88. The Labute approximate surface area is 200 Å². The minimum absolute atomic E-state index is 0.180. The fraction of sp³-hybridized carbons (Fsp3) is 0.583. The van der Waals surface area contributed by atoms with Crippen LogP contribution in [0.1, 0.15) is 60.4 Å². The monoisotopic (exact) mass is 454 g/mol. The van der Waals surface area contributed by atoms with Gasteiger partial charge in [0, 0.05) is 41.9 Å². The van der Waals surface area contributed by atoms with Crippen LogP contribution in [0.4, 0.5) is 17.6 Å². The summed E-state index contributed by atoms with van der Waals surface area (Å²) in [6.07, 6.45) is 7.67. The van der Waals surface area contributed by atoms with Gasteiger partial charge in [-0.1, -0.05) is 19.4 Å². The second-order valence-electron chi connectivity index (χ2n) is 9.13. The number of rotatable bonds is 8. The van der Waals surface area contributed by atoms with Crippen LogP contribution in [0.3, 0.4) is 0 Å². The minimum Gasteiger partial charge on any atom is -0.380 e. The number of piperidine rings is 1. The Balaban J connectivity index is 1.53. The Kier molecular flexibility index (Phi) is 5.86. The van der Waals surface area contributed by atoms with E-state index in [9.17, 15) is 0 Å². The fourth-order valence-corrected chi connectivity index (χ4v) is 4.50. The summed E-state index contributed by atoms with van der Waals surface area (Å²) in [5.41, 5.74) is 9.59. The van der Waals surface area contributed by atoms with E-state index in [0.717, 1.165) is 55.0 Å². The minimum atomic E-state index is -2.17. The molecule has 1 saturated heterocycles. The first-order chi connectivity index (χ1) is 17.1. The number of pyridine rings is 1. The number of nitrogens with zero attached hydrogens (tertiary/aromatic N) is 7. The molecule has 0 spiro atoms. The first-order valence-corrected chi connectivity index (χ1v) is 11.7. The molecule has 0 saturated carbocycles. The first kappa shape index (κ1) is 19.5. The van der Waals surface area contributed by atoms with E-state index in [1.165, 1.54) is 0 Å². The van der Waals surface area contributed by atoms with E-state index in [2.05, 4.69) is 57.3 Å². The van der Waals surface area contributed by atoms with Crippen LogP contribution < -0.4 is 16.0 Å².